The van der Waals surface area contributed by atoms with Crippen LogP contribution in [0.2, 0.25) is 0 Å². The largest absolute Gasteiger partial charge is 0.406 e. The molecule has 0 aromatic heterocycles. The Morgan fingerprint density at radius 1 is 1.24 bits per heavy atom. The zero-order valence-corrected chi connectivity index (χ0v) is 11.6. The van der Waals surface area contributed by atoms with Crippen LogP contribution in [0.25, 0.3) is 0 Å². The number of likely N-dealkylation sites (N-methyl/N-ethyl adjacent to an activating group) is 1. The summed E-state index contributed by atoms with van der Waals surface area (Å²) in [5.74, 6) is -1.49. The Morgan fingerprint density at radius 2 is 1.86 bits per heavy atom. The van der Waals surface area contributed by atoms with Crippen LogP contribution in [0.5, 0.6) is 0 Å². The molecule has 0 spiro atoms. The van der Waals surface area contributed by atoms with Crippen LogP contribution in [0, 0.1) is 0 Å². The van der Waals surface area contributed by atoms with Gasteiger partial charge in [0.25, 0.3) is 5.91 Å². The van der Waals surface area contributed by atoms with E-state index in [-0.39, 0.29) is 11.3 Å². The molecule has 0 aliphatic carbocycles. The maximum absolute atomic E-state index is 12.6. The van der Waals surface area contributed by atoms with Crippen LogP contribution in [0.3, 0.4) is 0 Å². The molecule has 0 radical (unpaired) electrons. The minimum Gasteiger partial charge on any atom is -0.399 e. The van der Waals surface area contributed by atoms with Crippen molar-refractivity contribution in [2.45, 2.75) is 6.18 Å². The predicted molar refractivity (Wildman–Crippen MR) is 71.5 cm³/mol. The lowest BCUT2D eigenvalue weighted by molar-refractivity contribution is -0.146. The molecular weight excluding hydrogens is 287 g/mol. The molecule has 0 fully saturated rings. The van der Waals surface area contributed by atoms with Crippen LogP contribution >= 0.6 is 0 Å². The molecule has 0 bridgehead atoms. The molecule has 0 aliphatic heterocycles. The molecule has 5 nitrogen and oxygen atoms in total. The molecule has 1 aromatic carbocycles. The number of amides is 2. The maximum atomic E-state index is 12.6. The Labute approximate surface area is 120 Å². The van der Waals surface area contributed by atoms with Gasteiger partial charge in [-0.1, -0.05) is 6.07 Å². The monoisotopic (exact) mass is 303 g/mol. The summed E-state index contributed by atoms with van der Waals surface area (Å²) in [6.07, 6.45) is -4.59. The summed E-state index contributed by atoms with van der Waals surface area (Å²) in [6.45, 7) is -2.15. The Morgan fingerprint density at radius 3 is 2.33 bits per heavy atom. The number of alkyl halides is 3. The van der Waals surface area contributed by atoms with Gasteiger partial charge in [0.05, 0.1) is 0 Å². The van der Waals surface area contributed by atoms with Crippen molar-refractivity contribution >= 4 is 17.5 Å². The van der Waals surface area contributed by atoms with E-state index in [9.17, 15) is 22.8 Å². The topological polar surface area (TPSA) is 66.6 Å². The van der Waals surface area contributed by atoms with Crippen molar-refractivity contribution in [2.75, 3.05) is 32.9 Å². The standard InChI is InChI=1S/C13H16F3N3O2/c1-18(2)11(20)7-19(8-13(14,15)16)12(21)9-4-3-5-10(17)6-9/h3-6H,7-8,17H2,1-2H3. The summed E-state index contributed by atoms with van der Waals surface area (Å²) >= 11 is 0. The fraction of sp³-hybridized carbons (Fsp3) is 0.385. The molecule has 0 aliphatic rings. The zero-order valence-electron chi connectivity index (χ0n) is 11.6. The lowest BCUT2D eigenvalue weighted by Gasteiger charge is -2.25. The van der Waals surface area contributed by atoms with Crippen LogP contribution in [0.4, 0.5) is 18.9 Å². The zero-order chi connectivity index (χ0) is 16.2. The number of anilines is 1. The van der Waals surface area contributed by atoms with Gasteiger partial charge >= 0.3 is 6.18 Å². The number of nitrogen functional groups attached to an aromatic ring is 1. The third-order valence-electron chi connectivity index (χ3n) is 2.62. The van der Waals surface area contributed by atoms with E-state index in [0.717, 1.165) is 4.90 Å². The minimum absolute atomic E-state index is 0.00538. The SMILES string of the molecule is CN(C)C(=O)CN(CC(F)(F)F)C(=O)c1cccc(N)c1. The van der Waals surface area contributed by atoms with Crippen molar-refractivity contribution in [1.29, 1.82) is 0 Å². The average Bonchev–Trinajstić information content (AvgIpc) is 2.35. The number of hydrogen-bond acceptors (Lipinski definition) is 3. The number of halogens is 3. The molecule has 2 N–H and O–H groups in total. The van der Waals surface area contributed by atoms with E-state index in [0.29, 0.717) is 4.90 Å². The first-order chi connectivity index (χ1) is 9.60. The molecule has 1 rings (SSSR count). The fourth-order valence-corrected chi connectivity index (χ4v) is 1.57. The number of nitrogens with zero attached hydrogens (tertiary/aromatic N) is 2. The highest BCUT2D eigenvalue weighted by molar-refractivity contribution is 5.97. The predicted octanol–water partition coefficient (Wildman–Crippen LogP) is 1.36. The van der Waals surface area contributed by atoms with Crippen LogP contribution in [0.15, 0.2) is 24.3 Å². The first kappa shape index (κ1) is 16.8. The molecule has 8 heteroatoms. The van der Waals surface area contributed by atoms with Gasteiger partial charge in [0.2, 0.25) is 5.91 Å². The summed E-state index contributed by atoms with van der Waals surface area (Å²) < 4.78 is 37.7. The Kier molecular flexibility index (Phi) is 5.17. The van der Waals surface area contributed by atoms with E-state index in [1.165, 1.54) is 38.4 Å². The summed E-state index contributed by atoms with van der Waals surface area (Å²) in [4.78, 5) is 25.3. The normalized spacial score (nSPS) is 11.1. The van der Waals surface area contributed by atoms with E-state index < -0.39 is 31.1 Å². The molecule has 0 heterocycles. The van der Waals surface area contributed by atoms with Gasteiger partial charge in [-0.2, -0.15) is 13.2 Å². The van der Waals surface area contributed by atoms with Crippen molar-refractivity contribution in [3.8, 4) is 0 Å². The average molecular weight is 303 g/mol. The van der Waals surface area contributed by atoms with Crippen LogP contribution in [-0.4, -0.2) is 55.0 Å². The quantitative estimate of drug-likeness (QED) is 0.854. The van der Waals surface area contributed by atoms with E-state index >= 15 is 0 Å². The molecule has 116 valence electrons. The van der Waals surface area contributed by atoms with Gasteiger partial charge in [0.15, 0.2) is 0 Å². The molecule has 0 unspecified atom stereocenters. The summed E-state index contributed by atoms with van der Waals surface area (Å²) in [5, 5.41) is 0. The maximum Gasteiger partial charge on any atom is 0.406 e. The lowest BCUT2D eigenvalue weighted by Crippen LogP contribution is -2.44. The number of hydrogen-bond donors (Lipinski definition) is 1. The van der Waals surface area contributed by atoms with E-state index in [4.69, 9.17) is 5.73 Å². The molecule has 2 amide bonds. The molecule has 1 aromatic rings. The van der Waals surface area contributed by atoms with E-state index in [1.54, 1.807) is 0 Å². The number of rotatable bonds is 4. The van der Waals surface area contributed by atoms with Gasteiger partial charge in [0, 0.05) is 25.3 Å². The Balaban J connectivity index is 3.00. The molecular formula is C13H16F3N3O2. The smallest absolute Gasteiger partial charge is 0.399 e. The summed E-state index contributed by atoms with van der Waals surface area (Å²) in [6, 6.07) is 5.59. The van der Waals surface area contributed by atoms with Gasteiger partial charge in [-0.15, -0.1) is 0 Å². The second-order valence-corrected chi connectivity index (χ2v) is 4.69. The highest BCUT2D eigenvalue weighted by Gasteiger charge is 2.34. The fourth-order valence-electron chi connectivity index (χ4n) is 1.57. The van der Waals surface area contributed by atoms with Crippen molar-refractivity contribution in [2.24, 2.45) is 0 Å². The highest BCUT2D eigenvalue weighted by Crippen LogP contribution is 2.19. The van der Waals surface area contributed by atoms with Crippen molar-refractivity contribution in [1.82, 2.24) is 9.80 Å². The Hall–Kier alpha value is -2.25. The second kappa shape index (κ2) is 6.47. The minimum atomic E-state index is -4.59. The molecule has 0 atom stereocenters. The van der Waals surface area contributed by atoms with Crippen molar-refractivity contribution in [3.63, 3.8) is 0 Å². The first-order valence-corrected chi connectivity index (χ1v) is 6.02. The van der Waals surface area contributed by atoms with Crippen LogP contribution in [0.1, 0.15) is 10.4 Å². The highest BCUT2D eigenvalue weighted by atomic mass is 19.4. The first-order valence-electron chi connectivity index (χ1n) is 6.02. The number of benzene rings is 1. The summed E-state index contributed by atoms with van der Waals surface area (Å²) in [5.41, 5.74) is 5.77. The van der Waals surface area contributed by atoms with Crippen molar-refractivity contribution in [3.05, 3.63) is 29.8 Å². The number of nitrogens with two attached hydrogens (primary N) is 1. The second-order valence-electron chi connectivity index (χ2n) is 4.69. The van der Waals surface area contributed by atoms with Crippen LogP contribution in [-0.2, 0) is 4.79 Å². The van der Waals surface area contributed by atoms with Gasteiger partial charge in [-0.05, 0) is 18.2 Å². The molecule has 0 saturated carbocycles. The Bertz CT molecular complexity index is 530. The third kappa shape index (κ3) is 5.33. The molecule has 0 saturated heterocycles. The van der Waals surface area contributed by atoms with Crippen molar-refractivity contribution < 1.29 is 22.8 Å². The number of carbonyl (C=O) groups is 2. The lowest BCUT2D eigenvalue weighted by atomic mass is 10.1. The van der Waals surface area contributed by atoms with Gasteiger partial charge in [-0.25, -0.2) is 0 Å². The van der Waals surface area contributed by atoms with Gasteiger partial charge in [-0.3, -0.25) is 9.59 Å². The van der Waals surface area contributed by atoms with Gasteiger partial charge < -0.3 is 15.5 Å². The van der Waals surface area contributed by atoms with E-state index in [2.05, 4.69) is 0 Å². The summed E-state index contributed by atoms with van der Waals surface area (Å²) in [7, 11) is 2.80. The van der Waals surface area contributed by atoms with E-state index in [1.807, 2.05) is 0 Å². The van der Waals surface area contributed by atoms with Gasteiger partial charge in [0.1, 0.15) is 13.1 Å². The third-order valence-corrected chi connectivity index (χ3v) is 2.62. The number of carbonyl (C=O) groups excluding carboxylic acids is 2. The van der Waals surface area contributed by atoms with Crippen LogP contribution < -0.4 is 5.73 Å². The molecule has 21 heavy (non-hydrogen) atoms.